The van der Waals surface area contributed by atoms with Gasteiger partial charge in [0.25, 0.3) is 5.91 Å². The molecule has 0 N–H and O–H groups in total. The number of ether oxygens (including phenoxy) is 1. The van der Waals surface area contributed by atoms with E-state index in [-0.39, 0.29) is 27.6 Å². The molecule has 5 nitrogen and oxygen atoms in total. The van der Waals surface area contributed by atoms with Gasteiger partial charge >= 0.3 is 5.97 Å². The molecule has 0 unspecified atom stereocenters. The van der Waals surface area contributed by atoms with E-state index in [4.69, 9.17) is 11.6 Å². The van der Waals surface area contributed by atoms with Crippen LogP contribution in [0.4, 0.5) is 10.1 Å². The van der Waals surface area contributed by atoms with Gasteiger partial charge in [-0.25, -0.2) is 4.39 Å². The molecule has 0 heterocycles. The Hall–Kier alpha value is -2.38. The number of nitrogens with zero attached hydrogens (tertiary/aromatic N) is 1. The van der Waals surface area contributed by atoms with Gasteiger partial charge in [-0.1, -0.05) is 29.8 Å². The third-order valence-electron chi connectivity index (χ3n) is 3.56. The van der Waals surface area contributed by atoms with Crippen molar-refractivity contribution in [3.63, 3.8) is 0 Å². The van der Waals surface area contributed by atoms with Crippen LogP contribution in [0, 0.1) is 5.82 Å². The maximum absolute atomic E-state index is 14.4. The summed E-state index contributed by atoms with van der Waals surface area (Å²) in [5.74, 6) is -1.71. The van der Waals surface area contributed by atoms with Crippen molar-refractivity contribution < 1.29 is 23.5 Å². The second-order valence-corrected chi connectivity index (χ2v) is 6.59. The summed E-state index contributed by atoms with van der Waals surface area (Å²) in [5, 5.41) is 0.120. The lowest BCUT2D eigenvalue weighted by Gasteiger charge is -2.20. The summed E-state index contributed by atoms with van der Waals surface area (Å²) in [6.07, 6.45) is 0.566. The van der Waals surface area contributed by atoms with Crippen LogP contribution in [0.2, 0.25) is 5.02 Å². The highest BCUT2D eigenvalue weighted by molar-refractivity contribution is 8.00. The monoisotopic (exact) mass is 395 g/mol. The van der Waals surface area contributed by atoms with Gasteiger partial charge < -0.3 is 9.64 Å². The van der Waals surface area contributed by atoms with Crippen LogP contribution in [0.15, 0.2) is 41.3 Å². The van der Waals surface area contributed by atoms with Crippen molar-refractivity contribution in [2.75, 3.05) is 24.8 Å². The van der Waals surface area contributed by atoms with E-state index in [0.717, 1.165) is 22.7 Å². The van der Waals surface area contributed by atoms with Gasteiger partial charge in [-0.15, -0.1) is 11.8 Å². The van der Waals surface area contributed by atoms with Crippen LogP contribution < -0.4 is 4.90 Å². The number of hydrogen-bond donors (Lipinski definition) is 0. The Labute approximate surface area is 159 Å². The number of aldehydes is 1. The van der Waals surface area contributed by atoms with Crippen molar-refractivity contribution in [3.05, 3.63) is 58.4 Å². The molecule has 8 heteroatoms. The van der Waals surface area contributed by atoms with Crippen LogP contribution in [0.25, 0.3) is 0 Å². The molecule has 136 valence electrons. The maximum Gasteiger partial charge on any atom is 0.315 e. The van der Waals surface area contributed by atoms with Crippen LogP contribution in [0.5, 0.6) is 0 Å². The van der Waals surface area contributed by atoms with E-state index >= 15 is 0 Å². The van der Waals surface area contributed by atoms with Crippen LogP contribution in [0.1, 0.15) is 20.7 Å². The zero-order valence-corrected chi connectivity index (χ0v) is 15.6. The second-order valence-electron chi connectivity index (χ2n) is 5.17. The summed E-state index contributed by atoms with van der Waals surface area (Å²) >= 11 is 7.08. The number of hydrogen-bond acceptors (Lipinski definition) is 5. The molecule has 1 amide bonds. The molecule has 0 spiro atoms. The van der Waals surface area contributed by atoms with Crippen LogP contribution in [-0.4, -0.2) is 38.1 Å². The average Bonchev–Trinajstić information content (AvgIpc) is 2.65. The Morgan fingerprint density at radius 2 is 2.00 bits per heavy atom. The zero-order chi connectivity index (χ0) is 19.3. The first-order chi connectivity index (χ1) is 12.4. The van der Waals surface area contributed by atoms with E-state index in [1.165, 1.54) is 32.4 Å². The molecule has 2 aromatic rings. The number of halogens is 2. The highest BCUT2D eigenvalue weighted by Crippen LogP contribution is 2.34. The highest BCUT2D eigenvalue weighted by atomic mass is 35.5. The smallest absolute Gasteiger partial charge is 0.315 e. The SMILES string of the molecule is COC(=O)CSc1cc(N(C)C(=O)c2ccccc2C=O)c(F)cc1Cl. The standard InChI is InChI=1S/C18H15ClFNO4S/c1-21(18(24)12-6-4-3-5-11(12)9-22)15-8-16(13(19)7-14(15)20)26-10-17(23)25-2/h3-9H,10H2,1-2H3. The van der Waals surface area contributed by atoms with Gasteiger partial charge in [0.15, 0.2) is 6.29 Å². The number of amides is 1. The minimum absolute atomic E-state index is 0.00702. The topological polar surface area (TPSA) is 63.7 Å². The quantitative estimate of drug-likeness (QED) is 0.422. The molecular weight excluding hydrogens is 381 g/mol. The zero-order valence-electron chi connectivity index (χ0n) is 14.0. The molecule has 0 aliphatic carbocycles. The predicted octanol–water partition coefficient (Wildman–Crippen LogP) is 3.83. The summed E-state index contributed by atoms with van der Waals surface area (Å²) in [7, 11) is 2.66. The third kappa shape index (κ3) is 4.42. The molecular formula is C18H15ClFNO4S. The summed E-state index contributed by atoms with van der Waals surface area (Å²) in [5.41, 5.74) is 0.342. The molecule has 0 radical (unpaired) electrons. The number of thioether (sulfide) groups is 1. The fourth-order valence-corrected chi connectivity index (χ4v) is 3.26. The van der Waals surface area contributed by atoms with E-state index in [2.05, 4.69) is 4.74 Å². The fourth-order valence-electron chi connectivity index (χ4n) is 2.17. The number of rotatable bonds is 6. The van der Waals surface area contributed by atoms with Crippen molar-refractivity contribution in [1.29, 1.82) is 0 Å². The molecule has 0 bridgehead atoms. The first kappa shape index (κ1) is 19.9. The first-order valence-electron chi connectivity index (χ1n) is 7.40. The fraction of sp³-hybridized carbons (Fsp3) is 0.167. The minimum atomic E-state index is -0.697. The number of methoxy groups -OCH3 is 1. The summed E-state index contributed by atoms with van der Waals surface area (Å²) in [6.45, 7) is 0. The molecule has 0 saturated heterocycles. The number of carbonyl (C=O) groups is 3. The Balaban J connectivity index is 2.35. The van der Waals surface area contributed by atoms with Crippen LogP contribution in [0.3, 0.4) is 0 Å². The number of anilines is 1. The van der Waals surface area contributed by atoms with Gasteiger partial charge in [-0.2, -0.15) is 0 Å². The van der Waals surface area contributed by atoms with E-state index in [1.807, 2.05) is 0 Å². The lowest BCUT2D eigenvalue weighted by atomic mass is 10.1. The third-order valence-corrected chi connectivity index (χ3v) is 5.01. The van der Waals surface area contributed by atoms with Crippen molar-refractivity contribution in [2.45, 2.75) is 4.90 Å². The van der Waals surface area contributed by atoms with Crippen molar-refractivity contribution in [2.24, 2.45) is 0 Å². The van der Waals surface area contributed by atoms with E-state index in [1.54, 1.807) is 12.1 Å². The lowest BCUT2D eigenvalue weighted by molar-refractivity contribution is -0.137. The Bertz CT molecular complexity index is 859. The molecule has 0 aromatic heterocycles. The van der Waals surface area contributed by atoms with Gasteiger partial charge in [0, 0.05) is 17.5 Å². The minimum Gasteiger partial charge on any atom is -0.468 e. The lowest BCUT2D eigenvalue weighted by Crippen LogP contribution is -2.28. The first-order valence-corrected chi connectivity index (χ1v) is 8.76. The molecule has 2 rings (SSSR count). The Morgan fingerprint density at radius 1 is 1.31 bits per heavy atom. The van der Waals surface area contributed by atoms with Gasteiger partial charge in [-0.3, -0.25) is 14.4 Å². The van der Waals surface area contributed by atoms with Crippen molar-refractivity contribution >= 4 is 47.2 Å². The predicted molar refractivity (Wildman–Crippen MR) is 98.7 cm³/mol. The normalized spacial score (nSPS) is 10.3. The molecule has 0 aliphatic rings. The van der Waals surface area contributed by atoms with Crippen molar-refractivity contribution in [1.82, 2.24) is 0 Å². The molecule has 26 heavy (non-hydrogen) atoms. The Kier molecular flexibility index (Phi) is 6.76. The summed E-state index contributed by atoms with van der Waals surface area (Å²) in [6, 6.07) is 8.70. The molecule has 0 saturated carbocycles. The summed E-state index contributed by atoms with van der Waals surface area (Å²) in [4.78, 5) is 36.6. The van der Waals surface area contributed by atoms with E-state index in [9.17, 15) is 18.8 Å². The van der Waals surface area contributed by atoms with Gasteiger partial charge in [0.05, 0.1) is 29.1 Å². The van der Waals surface area contributed by atoms with Gasteiger partial charge in [0.1, 0.15) is 5.82 Å². The van der Waals surface area contributed by atoms with E-state index < -0.39 is 17.7 Å². The van der Waals surface area contributed by atoms with Crippen LogP contribution >= 0.6 is 23.4 Å². The van der Waals surface area contributed by atoms with Gasteiger partial charge in [-0.05, 0) is 18.2 Å². The average molecular weight is 396 g/mol. The largest absolute Gasteiger partial charge is 0.468 e. The van der Waals surface area contributed by atoms with Gasteiger partial charge in [0.2, 0.25) is 0 Å². The second kappa shape index (κ2) is 8.82. The molecule has 0 aliphatic heterocycles. The number of esters is 1. The summed E-state index contributed by atoms with van der Waals surface area (Å²) < 4.78 is 18.9. The maximum atomic E-state index is 14.4. The number of benzene rings is 2. The van der Waals surface area contributed by atoms with E-state index in [0.29, 0.717) is 11.2 Å². The molecule has 0 fully saturated rings. The van der Waals surface area contributed by atoms with Crippen molar-refractivity contribution in [3.8, 4) is 0 Å². The highest BCUT2D eigenvalue weighted by Gasteiger charge is 2.21. The Morgan fingerprint density at radius 3 is 2.65 bits per heavy atom. The molecule has 0 atom stereocenters. The molecule has 2 aromatic carbocycles. The van der Waals surface area contributed by atoms with Crippen LogP contribution in [-0.2, 0) is 9.53 Å². The number of carbonyl (C=O) groups excluding carboxylic acids is 3.